The van der Waals surface area contributed by atoms with Crippen molar-refractivity contribution in [2.75, 3.05) is 26.8 Å². The summed E-state index contributed by atoms with van der Waals surface area (Å²) in [7, 11) is 1.54. The highest BCUT2D eigenvalue weighted by Crippen LogP contribution is 2.13. The molecule has 1 aliphatic heterocycles. The molecule has 0 aromatic heterocycles. The van der Waals surface area contributed by atoms with Gasteiger partial charge in [-0.1, -0.05) is 13.8 Å². The van der Waals surface area contributed by atoms with E-state index in [1.165, 1.54) is 0 Å². The average Bonchev–Trinajstić information content (AvgIpc) is 2.69. The molecule has 1 heterocycles. The molecule has 1 aromatic carbocycles. The number of amides is 2. The van der Waals surface area contributed by atoms with Crippen molar-refractivity contribution in [3.8, 4) is 5.75 Å². The molecule has 1 aromatic rings. The molecule has 2 amide bonds. The van der Waals surface area contributed by atoms with Crippen molar-refractivity contribution in [3.63, 3.8) is 0 Å². The molecule has 0 saturated carbocycles. The summed E-state index contributed by atoms with van der Waals surface area (Å²) in [5, 5.41) is 5.45. The molecule has 1 saturated heterocycles. The van der Waals surface area contributed by atoms with Gasteiger partial charge in [0.25, 0.3) is 5.91 Å². The number of hydrogen-bond acceptors (Lipinski definition) is 6. The topological polar surface area (TPSA) is 97.0 Å². The Labute approximate surface area is 175 Å². The number of rotatable bonds is 7. The van der Waals surface area contributed by atoms with E-state index in [9.17, 15) is 14.4 Å². The molecule has 1 unspecified atom stereocenters. The van der Waals surface area contributed by atoms with Crippen LogP contribution >= 0.6 is 12.2 Å². The number of thiocarbonyl (C=S) groups is 1. The van der Waals surface area contributed by atoms with E-state index in [4.69, 9.17) is 21.7 Å². The number of hydrogen-bond donors (Lipinski definition) is 2. The van der Waals surface area contributed by atoms with E-state index in [0.29, 0.717) is 36.9 Å². The molecule has 1 atom stereocenters. The van der Waals surface area contributed by atoms with Gasteiger partial charge in [-0.15, -0.1) is 0 Å². The van der Waals surface area contributed by atoms with Gasteiger partial charge in [0.1, 0.15) is 11.8 Å². The minimum absolute atomic E-state index is 0.0978. The van der Waals surface area contributed by atoms with Crippen molar-refractivity contribution in [1.29, 1.82) is 0 Å². The minimum Gasteiger partial charge on any atom is -0.497 e. The maximum Gasteiger partial charge on any atom is 0.308 e. The molecule has 0 aliphatic carbocycles. The van der Waals surface area contributed by atoms with Crippen LogP contribution in [0.15, 0.2) is 24.3 Å². The number of nitrogens with zero attached hydrogens (tertiary/aromatic N) is 1. The highest BCUT2D eigenvalue weighted by molar-refractivity contribution is 7.80. The van der Waals surface area contributed by atoms with E-state index in [1.807, 2.05) is 13.8 Å². The molecule has 0 spiro atoms. The van der Waals surface area contributed by atoms with Crippen molar-refractivity contribution in [3.05, 3.63) is 29.8 Å². The van der Waals surface area contributed by atoms with E-state index >= 15 is 0 Å². The van der Waals surface area contributed by atoms with E-state index < -0.39 is 17.9 Å². The van der Waals surface area contributed by atoms with Crippen LogP contribution in [0.3, 0.4) is 0 Å². The highest BCUT2D eigenvalue weighted by atomic mass is 32.1. The maximum atomic E-state index is 12.5. The number of methoxy groups -OCH3 is 1. The van der Waals surface area contributed by atoms with Crippen LogP contribution in [-0.2, 0) is 14.3 Å². The SMILES string of the molecule is COc1ccc(C(=O)NC(=S)N2CCNC(=O)C2CC(=O)OCCC(C)C)cc1. The fraction of sp³-hybridized carbons (Fsp3) is 0.500. The summed E-state index contributed by atoms with van der Waals surface area (Å²) >= 11 is 5.34. The quantitative estimate of drug-likeness (QED) is 0.509. The van der Waals surface area contributed by atoms with Gasteiger partial charge in [-0.05, 0) is 48.8 Å². The van der Waals surface area contributed by atoms with Crippen LogP contribution in [0.25, 0.3) is 0 Å². The third-order valence-electron chi connectivity index (χ3n) is 4.48. The van der Waals surface area contributed by atoms with Gasteiger partial charge in [0.15, 0.2) is 5.11 Å². The Morgan fingerprint density at radius 2 is 2.00 bits per heavy atom. The molecule has 1 fully saturated rings. The largest absolute Gasteiger partial charge is 0.497 e. The van der Waals surface area contributed by atoms with Crippen molar-refractivity contribution >= 4 is 35.1 Å². The first-order valence-electron chi connectivity index (χ1n) is 9.51. The predicted octanol–water partition coefficient (Wildman–Crippen LogP) is 1.49. The number of esters is 1. The van der Waals surface area contributed by atoms with Gasteiger partial charge in [-0.2, -0.15) is 0 Å². The number of piperazine rings is 1. The number of nitrogens with one attached hydrogen (secondary N) is 2. The lowest BCUT2D eigenvalue weighted by Crippen LogP contribution is -2.60. The molecule has 0 radical (unpaired) electrons. The minimum atomic E-state index is -0.820. The summed E-state index contributed by atoms with van der Waals surface area (Å²) in [6.07, 6.45) is 0.616. The van der Waals surface area contributed by atoms with Gasteiger partial charge in [0.2, 0.25) is 5.91 Å². The zero-order chi connectivity index (χ0) is 21.4. The molecule has 29 heavy (non-hydrogen) atoms. The van der Waals surface area contributed by atoms with Gasteiger partial charge in [-0.3, -0.25) is 19.7 Å². The molecule has 8 nitrogen and oxygen atoms in total. The lowest BCUT2D eigenvalue weighted by Gasteiger charge is -2.36. The van der Waals surface area contributed by atoms with E-state index in [-0.39, 0.29) is 17.4 Å². The van der Waals surface area contributed by atoms with Crippen LogP contribution in [-0.4, -0.2) is 60.6 Å². The van der Waals surface area contributed by atoms with Crippen LogP contribution < -0.4 is 15.4 Å². The summed E-state index contributed by atoms with van der Waals surface area (Å²) in [5.41, 5.74) is 0.402. The third kappa shape index (κ3) is 6.70. The smallest absolute Gasteiger partial charge is 0.308 e. The Kier molecular flexibility index (Phi) is 8.38. The van der Waals surface area contributed by atoms with E-state index in [0.717, 1.165) is 6.42 Å². The molecule has 1 aliphatic rings. The normalized spacial score (nSPS) is 16.2. The van der Waals surface area contributed by atoms with Crippen LogP contribution in [0.2, 0.25) is 0 Å². The van der Waals surface area contributed by atoms with Crippen LogP contribution in [0.5, 0.6) is 5.75 Å². The zero-order valence-electron chi connectivity index (χ0n) is 16.9. The Balaban J connectivity index is 1.98. The van der Waals surface area contributed by atoms with Gasteiger partial charge < -0.3 is 19.7 Å². The fourth-order valence-corrected chi connectivity index (χ4v) is 3.08. The lowest BCUT2D eigenvalue weighted by atomic mass is 10.1. The number of carbonyl (C=O) groups is 3. The Hall–Kier alpha value is -2.68. The van der Waals surface area contributed by atoms with Gasteiger partial charge in [0.05, 0.1) is 20.1 Å². The average molecular weight is 422 g/mol. The van der Waals surface area contributed by atoms with E-state index in [2.05, 4.69) is 10.6 Å². The van der Waals surface area contributed by atoms with Crippen LogP contribution in [0, 0.1) is 5.92 Å². The van der Waals surface area contributed by atoms with Crippen LogP contribution in [0.4, 0.5) is 0 Å². The number of ether oxygens (including phenoxy) is 2. The van der Waals surface area contributed by atoms with Crippen LogP contribution in [0.1, 0.15) is 37.0 Å². The Morgan fingerprint density at radius 3 is 2.62 bits per heavy atom. The molecular formula is C20H27N3O5S. The first-order chi connectivity index (χ1) is 13.8. The second kappa shape index (κ2) is 10.8. The molecule has 2 rings (SSSR count). The summed E-state index contributed by atoms with van der Waals surface area (Å²) < 4.78 is 10.3. The van der Waals surface area contributed by atoms with E-state index in [1.54, 1.807) is 36.3 Å². The van der Waals surface area contributed by atoms with Gasteiger partial charge in [0, 0.05) is 18.7 Å². The Bertz CT molecular complexity index is 751. The molecule has 0 bridgehead atoms. The second-order valence-corrected chi connectivity index (χ2v) is 7.48. The fourth-order valence-electron chi connectivity index (χ4n) is 2.77. The Morgan fingerprint density at radius 1 is 1.31 bits per heavy atom. The predicted molar refractivity (Wildman–Crippen MR) is 112 cm³/mol. The monoisotopic (exact) mass is 421 g/mol. The summed E-state index contributed by atoms with van der Waals surface area (Å²) in [5.74, 6) is -0.145. The lowest BCUT2D eigenvalue weighted by molar-refractivity contribution is -0.147. The van der Waals surface area contributed by atoms with Gasteiger partial charge in [-0.25, -0.2) is 0 Å². The summed E-state index contributed by atoms with van der Waals surface area (Å²) in [6.45, 7) is 5.14. The standard InChI is InChI=1S/C20H27N3O5S/c1-13(2)8-11-28-17(24)12-16-19(26)21-9-10-23(16)20(29)22-18(25)14-4-6-15(27-3)7-5-14/h4-7,13,16H,8-12H2,1-3H3,(H,21,26)(H,22,25,29). The highest BCUT2D eigenvalue weighted by Gasteiger charge is 2.34. The number of benzene rings is 1. The van der Waals surface area contributed by atoms with Gasteiger partial charge >= 0.3 is 5.97 Å². The maximum absolute atomic E-state index is 12.5. The molecular weight excluding hydrogens is 394 g/mol. The summed E-state index contributed by atoms with van der Waals surface area (Å²) in [4.78, 5) is 38.5. The van der Waals surface area contributed by atoms with Crippen molar-refractivity contribution in [2.24, 2.45) is 5.92 Å². The first-order valence-corrected chi connectivity index (χ1v) is 9.92. The second-order valence-electron chi connectivity index (χ2n) is 7.10. The molecule has 9 heteroatoms. The third-order valence-corrected chi connectivity index (χ3v) is 4.82. The number of carbonyl (C=O) groups excluding carboxylic acids is 3. The molecule has 158 valence electrons. The van der Waals surface area contributed by atoms with Crippen molar-refractivity contribution < 1.29 is 23.9 Å². The van der Waals surface area contributed by atoms with Crippen molar-refractivity contribution in [1.82, 2.24) is 15.5 Å². The molecule has 2 N–H and O–H groups in total. The first kappa shape index (κ1) is 22.6. The van der Waals surface area contributed by atoms with Crippen molar-refractivity contribution in [2.45, 2.75) is 32.7 Å². The summed E-state index contributed by atoms with van der Waals surface area (Å²) in [6, 6.07) is 5.75. The zero-order valence-corrected chi connectivity index (χ0v) is 17.7.